The Morgan fingerprint density at radius 2 is 1.67 bits per heavy atom. The van der Waals surface area contributed by atoms with Gasteiger partial charge in [-0.3, -0.25) is 9.59 Å². The molecule has 0 bridgehead atoms. The molecular formula is C21H19NO2. The van der Waals surface area contributed by atoms with Crippen molar-refractivity contribution in [2.75, 3.05) is 0 Å². The van der Waals surface area contributed by atoms with E-state index < -0.39 is 5.91 Å². The van der Waals surface area contributed by atoms with Gasteiger partial charge >= 0.3 is 0 Å². The summed E-state index contributed by atoms with van der Waals surface area (Å²) in [5.74, 6) is -0.360. The third-order valence-electron chi connectivity index (χ3n) is 4.36. The van der Waals surface area contributed by atoms with Gasteiger partial charge in [0.1, 0.15) is 0 Å². The standard InChI is InChI=1S/C21H19NO2/c1-3-17(13(2)23)19-12-16-6-4-5-7-18(16)20(19)14-8-10-15(11-9-14)21(22)24/h4-12H,3H2,1-2H3,(H2,22,24). The SMILES string of the molecule is CCC(C(C)=O)=C1C=c2ccccc2=C1c1ccc(C(N)=O)cc1. The fourth-order valence-electron chi connectivity index (χ4n) is 3.20. The lowest BCUT2D eigenvalue weighted by molar-refractivity contribution is -0.113. The summed E-state index contributed by atoms with van der Waals surface area (Å²) in [6.45, 7) is 3.60. The third-order valence-corrected chi connectivity index (χ3v) is 4.36. The molecule has 0 aromatic heterocycles. The van der Waals surface area contributed by atoms with Crippen molar-refractivity contribution in [3.8, 4) is 0 Å². The normalized spacial score (nSPS) is 14.8. The van der Waals surface area contributed by atoms with Crippen LogP contribution in [-0.2, 0) is 4.79 Å². The molecule has 1 aliphatic rings. The molecule has 0 saturated heterocycles. The lowest BCUT2D eigenvalue weighted by atomic mass is 9.92. The van der Waals surface area contributed by atoms with Crippen LogP contribution in [0.5, 0.6) is 0 Å². The lowest BCUT2D eigenvalue weighted by Gasteiger charge is -2.11. The molecule has 120 valence electrons. The molecule has 0 atom stereocenters. The summed E-state index contributed by atoms with van der Waals surface area (Å²) in [5.41, 5.74) is 9.60. The Balaban J connectivity index is 2.31. The fraction of sp³-hybridized carbons (Fsp3) is 0.143. The molecule has 3 rings (SSSR count). The predicted molar refractivity (Wildman–Crippen MR) is 95.6 cm³/mol. The summed E-state index contributed by atoms with van der Waals surface area (Å²) < 4.78 is 0. The van der Waals surface area contributed by atoms with Gasteiger partial charge in [-0.15, -0.1) is 0 Å². The van der Waals surface area contributed by atoms with E-state index in [4.69, 9.17) is 5.73 Å². The maximum atomic E-state index is 12.1. The first-order chi connectivity index (χ1) is 11.5. The first-order valence-corrected chi connectivity index (χ1v) is 7.98. The lowest BCUT2D eigenvalue weighted by Crippen LogP contribution is -2.22. The molecule has 3 heteroatoms. The molecule has 2 aromatic carbocycles. The average molecular weight is 317 g/mol. The Kier molecular flexibility index (Phi) is 4.17. The zero-order valence-electron chi connectivity index (χ0n) is 13.8. The second-order valence-electron chi connectivity index (χ2n) is 5.85. The number of carbonyl (C=O) groups is 2. The van der Waals surface area contributed by atoms with Crippen LogP contribution >= 0.6 is 0 Å². The molecule has 2 aromatic rings. The van der Waals surface area contributed by atoms with Crippen LogP contribution in [0.1, 0.15) is 36.2 Å². The van der Waals surface area contributed by atoms with Gasteiger partial charge in [0, 0.05) is 11.1 Å². The minimum Gasteiger partial charge on any atom is -0.366 e. The van der Waals surface area contributed by atoms with Crippen molar-refractivity contribution in [1.82, 2.24) is 0 Å². The Hall–Kier alpha value is -2.94. The molecule has 1 amide bonds. The second-order valence-corrected chi connectivity index (χ2v) is 5.85. The van der Waals surface area contributed by atoms with Crippen molar-refractivity contribution in [3.05, 3.63) is 81.2 Å². The number of benzene rings is 2. The molecule has 0 saturated carbocycles. The Morgan fingerprint density at radius 1 is 1.00 bits per heavy atom. The highest BCUT2D eigenvalue weighted by molar-refractivity contribution is 6.04. The van der Waals surface area contributed by atoms with Crippen molar-refractivity contribution in [1.29, 1.82) is 0 Å². The molecule has 0 heterocycles. The zero-order valence-corrected chi connectivity index (χ0v) is 13.8. The number of fused-ring (bicyclic) bond motifs is 1. The van der Waals surface area contributed by atoms with E-state index in [9.17, 15) is 9.59 Å². The van der Waals surface area contributed by atoms with E-state index in [-0.39, 0.29) is 5.78 Å². The predicted octanol–water partition coefficient (Wildman–Crippen LogP) is 2.07. The van der Waals surface area contributed by atoms with Crippen LogP contribution in [-0.4, -0.2) is 11.7 Å². The summed E-state index contributed by atoms with van der Waals surface area (Å²) in [5, 5.41) is 2.21. The molecule has 24 heavy (non-hydrogen) atoms. The van der Waals surface area contributed by atoms with Crippen LogP contribution in [0.2, 0.25) is 0 Å². The number of hydrogen-bond acceptors (Lipinski definition) is 2. The molecule has 0 aliphatic heterocycles. The number of amides is 1. The van der Waals surface area contributed by atoms with E-state index in [2.05, 4.69) is 12.1 Å². The quantitative estimate of drug-likeness (QED) is 0.878. The highest BCUT2D eigenvalue weighted by Crippen LogP contribution is 2.28. The van der Waals surface area contributed by atoms with Crippen molar-refractivity contribution < 1.29 is 9.59 Å². The van der Waals surface area contributed by atoms with Gasteiger partial charge in [-0.1, -0.05) is 43.3 Å². The average Bonchev–Trinajstić information content (AvgIpc) is 2.94. The van der Waals surface area contributed by atoms with Gasteiger partial charge in [0.2, 0.25) is 5.91 Å². The Bertz CT molecular complexity index is 979. The molecule has 0 fully saturated rings. The summed E-state index contributed by atoms with van der Waals surface area (Å²) in [4.78, 5) is 23.4. The van der Waals surface area contributed by atoms with E-state index in [0.717, 1.165) is 32.7 Å². The van der Waals surface area contributed by atoms with Gasteiger partial charge in [0.05, 0.1) is 0 Å². The topological polar surface area (TPSA) is 60.2 Å². The van der Waals surface area contributed by atoms with Gasteiger partial charge in [0.15, 0.2) is 5.78 Å². The number of primary amides is 1. The van der Waals surface area contributed by atoms with Gasteiger partial charge in [-0.2, -0.15) is 0 Å². The molecule has 0 unspecified atom stereocenters. The number of ketones is 1. The second kappa shape index (κ2) is 6.28. The largest absolute Gasteiger partial charge is 0.366 e. The van der Waals surface area contributed by atoms with E-state index >= 15 is 0 Å². The summed E-state index contributed by atoms with van der Waals surface area (Å²) >= 11 is 0. The van der Waals surface area contributed by atoms with Crippen LogP contribution < -0.4 is 16.2 Å². The van der Waals surface area contributed by atoms with E-state index in [1.165, 1.54) is 0 Å². The van der Waals surface area contributed by atoms with Gasteiger partial charge in [-0.05, 0) is 58.7 Å². The minimum absolute atomic E-state index is 0.0859. The highest BCUT2D eigenvalue weighted by atomic mass is 16.1. The first-order valence-electron chi connectivity index (χ1n) is 7.98. The van der Waals surface area contributed by atoms with Crippen molar-refractivity contribution >= 4 is 23.3 Å². The van der Waals surface area contributed by atoms with E-state index in [0.29, 0.717) is 12.0 Å². The molecular weight excluding hydrogens is 298 g/mol. The van der Waals surface area contributed by atoms with Crippen LogP contribution in [0.25, 0.3) is 11.6 Å². The number of Topliss-reactive ketones (excluding diaryl/α,β-unsaturated/α-hetero) is 1. The molecule has 1 aliphatic carbocycles. The van der Waals surface area contributed by atoms with Gasteiger partial charge < -0.3 is 5.73 Å². The van der Waals surface area contributed by atoms with E-state index in [1.807, 2.05) is 37.3 Å². The zero-order chi connectivity index (χ0) is 17.3. The fourth-order valence-corrected chi connectivity index (χ4v) is 3.20. The molecule has 3 nitrogen and oxygen atoms in total. The smallest absolute Gasteiger partial charge is 0.248 e. The maximum Gasteiger partial charge on any atom is 0.248 e. The van der Waals surface area contributed by atoms with Crippen LogP contribution in [0, 0.1) is 0 Å². The third kappa shape index (κ3) is 2.69. The number of nitrogens with two attached hydrogens (primary N) is 1. The number of hydrogen-bond donors (Lipinski definition) is 1. The van der Waals surface area contributed by atoms with Gasteiger partial charge in [0.25, 0.3) is 0 Å². The Morgan fingerprint density at radius 3 is 2.25 bits per heavy atom. The number of rotatable bonds is 4. The molecule has 0 radical (unpaired) electrons. The summed E-state index contributed by atoms with van der Waals surface area (Å²) in [7, 11) is 0. The minimum atomic E-state index is -0.446. The number of allylic oxidation sites excluding steroid dienone is 2. The summed E-state index contributed by atoms with van der Waals surface area (Å²) in [6, 6.07) is 15.3. The first kappa shape index (κ1) is 15.9. The van der Waals surface area contributed by atoms with Crippen molar-refractivity contribution in [2.45, 2.75) is 20.3 Å². The van der Waals surface area contributed by atoms with Crippen LogP contribution in [0.3, 0.4) is 0 Å². The highest BCUT2D eigenvalue weighted by Gasteiger charge is 2.19. The number of carbonyl (C=O) groups excluding carboxylic acids is 2. The summed E-state index contributed by atoms with van der Waals surface area (Å²) in [6.07, 6.45) is 2.75. The van der Waals surface area contributed by atoms with Crippen LogP contribution in [0.4, 0.5) is 0 Å². The Labute approximate surface area is 140 Å². The van der Waals surface area contributed by atoms with E-state index in [1.54, 1.807) is 19.1 Å². The van der Waals surface area contributed by atoms with Crippen molar-refractivity contribution in [3.63, 3.8) is 0 Å². The molecule has 2 N–H and O–H groups in total. The molecule has 0 spiro atoms. The van der Waals surface area contributed by atoms with Crippen molar-refractivity contribution in [2.24, 2.45) is 5.73 Å². The monoisotopic (exact) mass is 317 g/mol. The van der Waals surface area contributed by atoms with Crippen LogP contribution in [0.15, 0.2) is 59.7 Å². The maximum absolute atomic E-state index is 12.1. The van der Waals surface area contributed by atoms with Gasteiger partial charge in [-0.25, -0.2) is 0 Å².